The predicted octanol–water partition coefficient (Wildman–Crippen LogP) is 2.62. The van der Waals surface area contributed by atoms with E-state index in [9.17, 15) is 4.39 Å². The highest BCUT2D eigenvalue weighted by atomic mass is 19.1. The summed E-state index contributed by atoms with van der Waals surface area (Å²) in [5, 5.41) is 0. The van der Waals surface area contributed by atoms with Crippen LogP contribution in [0.2, 0.25) is 0 Å². The number of hydrogen-bond acceptors (Lipinski definition) is 2. The van der Waals surface area contributed by atoms with Crippen LogP contribution >= 0.6 is 0 Å². The first-order valence-corrected chi connectivity index (χ1v) is 6.28. The summed E-state index contributed by atoms with van der Waals surface area (Å²) in [4.78, 5) is 2.41. The van der Waals surface area contributed by atoms with E-state index in [-0.39, 0.29) is 17.9 Å². The van der Waals surface area contributed by atoms with Gasteiger partial charge in [-0.15, -0.1) is 0 Å². The van der Waals surface area contributed by atoms with Crippen LogP contribution in [0.15, 0.2) is 18.2 Å². The summed E-state index contributed by atoms with van der Waals surface area (Å²) in [7, 11) is 0. The zero-order valence-corrected chi connectivity index (χ0v) is 10.8. The van der Waals surface area contributed by atoms with Gasteiger partial charge >= 0.3 is 0 Å². The highest BCUT2D eigenvalue weighted by Crippen LogP contribution is 2.34. The predicted molar refractivity (Wildman–Crippen MR) is 68.3 cm³/mol. The van der Waals surface area contributed by atoms with Crippen LogP contribution in [-0.4, -0.2) is 23.5 Å². The van der Waals surface area contributed by atoms with E-state index >= 15 is 0 Å². The van der Waals surface area contributed by atoms with Crippen molar-refractivity contribution in [3.8, 4) is 0 Å². The number of likely N-dealkylation sites (tertiary alicyclic amines) is 1. The maximum atomic E-state index is 13.1. The van der Waals surface area contributed by atoms with Crippen molar-refractivity contribution in [3.63, 3.8) is 0 Å². The molecule has 3 heteroatoms. The Morgan fingerprint density at radius 3 is 2.71 bits per heavy atom. The topological polar surface area (TPSA) is 29.3 Å². The van der Waals surface area contributed by atoms with Crippen LogP contribution in [0.5, 0.6) is 0 Å². The second-order valence-corrected chi connectivity index (χ2v) is 5.23. The van der Waals surface area contributed by atoms with Gasteiger partial charge in [-0.1, -0.05) is 6.07 Å². The Morgan fingerprint density at radius 1 is 1.41 bits per heavy atom. The van der Waals surface area contributed by atoms with E-state index in [0.29, 0.717) is 6.04 Å². The van der Waals surface area contributed by atoms with Gasteiger partial charge in [-0.2, -0.15) is 0 Å². The monoisotopic (exact) mass is 236 g/mol. The Kier molecular flexibility index (Phi) is 3.50. The van der Waals surface area contributed by atoms with E-state index in [4.69, 9.17) is 5.73 Å². The summed E-state index contributed by atoms with van der Waals surface area (Å²) in [6, 6.07) is 5.87. The van der Waals surface area contributed by atoms with Crippen LogP contribution in [-0.2, 0) is 0 Å². The summed E-state index contributed by atoms with van der Waals surface area (Å²) in [6.07, 6.45) is 1.01. The Labute approximate surface area is 103 Å². The third-order valence-electron chi connectivity index (χ3n) is 3.70. The van der Waals surface area contributed by atoms with Crippen LogP contribution in [0.1, 0.15) is 37.4 Å². The molecule has 1 aliphatic rings. The van der Waals surface area contributed by atoms with E-state index in [1.165, 1.54) is 11.6 Å². The zero-order chi connectivity index (χ0) is 12.6. The maximum Gasteiger partial charge on any atom is 0.123 e. The molecule has 1 heterocycles. The molecule has 0 bridgehead atoms. The molecular weight excluding hydrogens is 215 g/mol. The minimum atomic E-state index is -0.172. The lowest BCUT2D eigenvalue weighted by molar-refractivity contribution is 0.197. The van der Waals surface area contributed by atoms with Crippen molar-refractivity contribution < 1.29 is 4.39 Å². The third kappa shape index (κ3) is 2.35. The highest BCUT2D eigenvalue weighted by molar-refractivity contribution is 5.31. The normalized spacial score (nSPS) is 25.8. The molecule has 0 spiro atoms. The maximum absolute atomic E-state index is 13.1. The molecule has 2 atom stereocenters. The van der Waals surface area contributed by atoms with E-state index < -0.39 is 0 Å². The summed E-state index contributed by atoms with van der Waals surface area (Å²) in [6.45, 7) is 7.36. The number of nitrogens with zero attached hydrogens (tertiary/aromatic N) is 1. The fourth-order valence-corrected chi connectivity index (χ4v) is 2.80. The van der Waals surface area contributed by atoms with Crippen molar-refractivity contribution in [1.29, 1.82) is 0 Å². The van der Waals surface area contributed by atoms with Gasteiger partial charge in [-0.25, -0.2) is 4.39 Å². The largest absolute Gasteiger partial charge is 0.326 e. The Bertz CT molecular complexity index is 403. The van der Waals surface area contributed by atoms with Crippen LogP contribution < -0.4 is 5.73 Å². The molecule has 1 aliphatic heterocycles. The van der Waals surface area contributed by atoms with Gasteiger partial charge in [0.25, 0.3) is 0 Å². The van der Waals surface area contributed by atoms with Crippen LogP contribution in [0.25, 0.3) is 0 Å². The molecule has 2 nitrogen and oxygen atoms in total. The molecule has 2 N–H and O–H groups in total. The number of hydrogen-bond donors (Lipinski definition) is 1. The van der Waals surface area contributed by atoms with Crippen LogP contribution in [0.3, 0.4) is 0 Å². The minimum Gasteiger partial charge on any atom is -0.326 e. The number of benzene rings is 1. The van der Waals surface area contributed by atoms with Gasteiger partial charge in [0.15, 0.2) is 0 Å². The molecule has 17 heavy (non-hydrogen) atoms. The average molecular weight is 236 g/mol. The molecule has 0 saturated carbocycles. The van der Waals surface area contributed by atoms with Gasteiger partial charge in [-0.3, -0.25) is 4.90 Å². The SMILES string of the molecule is Cc1cc(F)ccc1C1C(N)CCN1C(C)C. The van der Waals surface area contributed by atoms with Crippen molar-refractivity contribution in [2.24, 2.45) is 5.73 Å². The average Bonchev–Trinajstić information content (AvgIpc) is 2.60. The van der Waals surface area contributed by atoms with E-state index in [1.54, 1.807) is 6.07 Å². The van der Waals surface area contributed by atoms with Crippen molar-refractivity contribution in [2.45, 2.75) is 45.3 Å². The third-order valence-corrected chi connectivity index (χ3v) is 3.70. The van der Waals surface area contributed by atoms with Gasteiger partial charge in [0.05, 0.1) is 6.04 Å². The molecule has 0 aromatic heterocycles. The van der Waals surface area contributed by atoms with Gasteiger partial charge < -0.3 is 5.73 Å². The standard InChI is InChI=1S/C14H21FN2/c1-9(2)17-7-6-13(16)14(17)12-5-4-11(15)8-10(12)3/h4-5,8-9,13-14H,6-7,16H2,1-3H3. The molecule has 1 aromatic carbocycles. The Balaban J connectivity index is 2.36. The fourth-order valence-electron chi connectivity index (χ4n) is 2.80. The van der Waals surface area contributed by atoms with Crippen molar-refractivity contribution in [2.75, 3.05) is 6.54 Å². The summed E-state index contributed by atoms with van der Waals surface area (Å²) < 4.78 is 13.1. The number of nitrogens with two attached hydrogens (primary N) is 1. The van der Waals surface area contributed by atoms with Gasteiger partial charge in [0.1, 0.15) is 5.82 Å². The first-order chi connectivity index (χ1) is 8.00. The second kappa shape index (κ2) is 4.75. The molecule has 1 fully saturated rings. The van der Waals surface area contributed by atoms with Crippen LogP contribution in [0.4, 0.5) is 4.39 Å². The lowest BCUT2D eigenvalue weighted by atomic mass is 9.96. The van der Waals surface area contributed by atoms with Gasteiger partial charge in [0.2, 0.25) is 0 Å². The van der Waals surface area contributed by atoms with E-state index in [0.717, 1.165) is 18.5 Å². The highest BCUT2D eigenvalue weighted by Gasteiger charge is 2.34. The van der Waals surface area contributed by atoms with Crippen molar-refractivity contribution >= 4 is 0 Å². The summed E-state index contributed by atoms with van der Waals surface area (Å²) in [5.41, 5.74) is 8.38. The molecule has 1 saturated heterocycles. The van der Waals surface area contributed by atoms with Crippen LogP contribution in [0, 0.1) is 12.7 Å². The molecule has 94 valence electrons. The smallest absolute Gasteiger partial charge is 0.123 e. The molecule has 0 amide bonds. The van der Waals surface area contributed by atoms with Crippen molar-refractivity contribution in [3.05, 3.63) is 35.1 Å². The van der Waals surface area contributed by atoms with Gasteiger partial charge in [0, 0.05) is 18.6 Å². The van der Waals surface area contributed by atoms with E-state index in [2.05, 4.69) is 18.7 Å². The summed E-state index contributed by atoms with van der Waals surface area (Å²) in [5.74, 6) is -0.172. The quantitative estimate of drug-likeness (QED) is 0.855. The minimum absolute atomic E-state index is 0.154. The number of rotatable bonds is 2. The molecule has 2 rings (SSSR count). The molecule has 1 aromatic rings. The molecular formula is C14H21FN2. The number of aryl methyl sites for hydroxylation is 1. The van der Waals surface area contributed by atoms with Gasteiger partial charge in [-0.05, 0) is 50.5 Å². The zero-order valence-electron chi connectivity index (χ0n) is 10.8. The lowest BCUT2D eigenvalue weighted by Gasteiger charge is -2.31. The lowest BCUT2D eigenvalue weighted by Crippen LogP contribution is -2.36. The summed E-state index contributed by atoms with van der Waals surface area (Å²) >= 11 is 0. The first-order valence-electron chi connectivity index (χ1n) is 6.28. The molecule has 2 unspecified atom stereocenters. The Hall–Kier alpha value is -0.930. The van der Waals surface area contributed by atoms with Crippen molar-refractivity contribution in [1.82, 2.24) is 4.90 Å². The first kappa shape index (κ1) is 12.5. The Morgan fingerprint density at radius 2 is 2.12 bits per heavy atom. The second-order valence-electron chi connectivity index (χ2n) is 5.23. The molecule has 0 radical (unpaired) electrons. The van der Waals surface area contributed by atoms with E-state index in [1.807, 2.05) is 13.0 Å². The molecule has 0 aliphatic carbocycles. The number of halogens is 1. The fraction of sp³-hybridized carbons (Fsp3) is 0.571.